The fraction of sp³-hybridized carbons (Fsp3) is 0.706. The van der Waals surface area contributed by atoms with Crippen LogP contribution in [0.1, 0.15) is 77.6 Å². The molecule has 0 aromatic carbocycles. The second kappa shape index (κ2) is 15.5. The van der Waals surface area contributed by atoms with Gasteiger partial charge < -0.3 is 0 Å². The molecular formula is C17H31. The Morgan fingerprint density at radius 3 is 1.88 bits per heavy atom. The maximum Gasteiger partial charge on any atom is -0.0169 e. The van der Waals surface area contributed by atoms with Gasteiger partial charge in [0.25, 0.3) is 0 Å². The predicted octanol–water partition coefficient (Wildman–Crippen LogP) is 6.24. The van der Waals surface area contributed by atoms with Crippen molar-refractivity contribution >= 4 is 0 Å². The summed E-state index contributed by atoms with van der Waals surface area (Å²) >= 11 is 0. The van der Waals surface area contributed by atoms with E-state index in [1.165, 1.54) is 57.8 Å². The third kappa shape index (κ3) is 15.5. The first-order valence-corrected chi connectivity index (χ1v) is 7.51. The molecular weight excluding hydrogens is 204 g/mol. The summed E-state index contributed by atoms with van der Waals surface area (Å²) in [5, 5.41) is 0. The molecule has 0 aliphatic carbocycles. The first kappa shape index (κ1) is 16.5. The molecule has 0 fully saturated rings. The Morgan fingerprint density at radius 1 is 0.706 bits per heavy atom. The van der Waals surface area contributed by atoms with Gasteiger partial charge in [-0.3, -0.25) is 0 Å². The number of rotatable bonds is 12. The highest BCUT2D eigenvalue weighted by atomic mass is 13.9. The van der Waals surface area contributed by atoms with Gasteiger partial charge in [0.2, 0.25) is 0 Å². The van der Waals surface area contributed by atoms with Crippen LogP contribution in [-0.4, -0.2) is 0 Å². The molecule has 17 heavy (non-hydrogen) atoms. The van der Waals surface area contributed by atoms with Gasteiger partial charge in [0.05, 0.1) is 0 Å². The van der Waals surface area contributed by atoms with E-state index in [4.69, 9.17) is 0 Å². The van der Waals surface area contributed by atoms with Crippen LogP contribution in [0.2, 0.25) is 0 Å². The zero-order valence-electron chi connectivity index (χ0n) is 11.8. The third-order valence-electron chi connectivity index (χ3n) is 2.95. The van der Waals surface area contributed by atoms with E-state index in [1.807, 2.05) is 0 Å². The Morgan fingerprint density at radius 2 is 1.29 bits per heavy atom. The number of allylic oxidation sites excluding steroid dienone is 4. The molecule has 0 heterocycles. The van der Waals surface area contributed by atoms with Crippen molar-refractivity contribution in [3.05, 3.63) is 31.2 Å². The minimum absolute atomic E-state index is 1.10. The van der Waals surface area contributed by atoms with E-state index >= 15 is 0 Å². The molecule has 0 atom stereocenters. The summed E-state index contributed by atoms with van der Waals surface area (Å²) in [6.45, 7) is 6.11. The lowest BCUT2D eigenvalue weighted by Gasteiger charge is -1.95. The Bertz CT molecular complexity index is 176. The fourth-order valence-corrected chi connectivity index (χ4v) is 1.81. The standard InChI is InChI=1S/C17H31/c1-3-5-7-9-11-13-15-17-16-14-12-10-8-6-4-2/h12,14-15,17H,1,3-11,13,16H2,2H3. The van der Waals surface area contributed by atoms with Crippen molar-refractivity contribution in [2.45, 2.75) is 77.6 Å². The average molecular weight is 235 g/mol. The lowest BCUT2D eigenvalue weighted by molar-refractivity contribution is 0.651. The molecule has 1 radical (unpaired) electrons. The largest absolute Gasteiger partial charge is 0.0882 e. The smallest absolute Gasteiger partial charge is 0.0169 e. The Kier molecular flexibility index (Phi) is 15.0. The van der Waals surface area contributed by atoms with Crippen molar-refractivity contribution in [3.8, 4) is 0 Å². The summed E-state index contributed by atoms with van der Waals surface area (Å²) in [5.41, 5.74) is 0. The van der Waals surface area contributed by atoms with Crippen molar-refractivity contribution in [1.29, 1.82) is 0 Å². The minimum atomic E-state index is 1.10. The van der Waals surface area contributed by atoms with Crippen LogP contribution in [0.25, 0.3) is 0 Å². The van der Waals surface area contributed by atoms with Crippen LogP contribution in [0.4, 0.5) is 0 Å². The molecule has 0 amide bonds. The van der Waals surface area contributed by atoms with E-state index < -0.39 is 0 Å². The molecule has 0 nitrogen and oxygen atoms in total. The summed E-state index contributed by atoms with van der Waals surface area (Å²) in [5.74, 6) is 0. The SMILES string of the molecule is [CH2]CCCCCCC=CCC=CCCCCC. The normalized spacial score (nSPS) is 11.9. The summed E-state index contributed by atoms with van der Waals surface area (Å²) in [4.78, 5) is 0. The van der Waals surface area contributed by atoms with Gasteiger partial charge in [0, 0.05) is 0 Å². The zero-order valence-corrected chi connectivity index (χ0v) is 11.8. The molecule has 0 bridgehead atoms. The van der Waals surface area contributed by atoms with E-state index in [0.717, 1.165) is 12.8 Å². The second-order valence-corrected chi connectivity index (χ2v) is 4.73. The zero-order chi connectivity index (χ0) is 12.6. The predicted molar refractivity (Wildman–Crippen MR) is 80.1 cm³/mol. The van der Waals surface area contributed by atoms with Crippen LogP contribution in [0, 0.1) is 6.92 Å². The van der Waals surface area contributed by atoms with Gasteiger partial charge in [0.1, 0.15) is 0 Å². The molecule has 0 aliphatic heterocycles. The molecule has 0 rings (SSSR count). The maximum absolute atomic E-state index is 3.86. The highest BCUT2D eigenvalue weighted by Crippen LogP contribution is 2.05. The van der Waals surface area contributed by atoms with Crippen LogP contribution < -0.4 is 0 Å². The average Bonchev–Trinajstić information content (AvgIpc) is 2.35. The van der Waals surface area contributed by atoms with Gasteiger partial charge in [-0.05, 0) is 32.1 Å². The molecule has 0 saturated carbocycles. The summed E-state index contributed by atoms with van der Waals surface area (Å²) in [6, 6.07) is 0. The molecule has 99 valence electrons. The van der Waals surface area contributed by atoms with E-state index in [2.05, 4.69) is 38.2 Å². The number of unbranched alkanes of at least 4 members (excludes halogenated alkanes) is 8. The van der Waals surface area contributed by atoms with E-state index in [0.29, 0.717) is 0 Å². The molecule has 0 N–H and O–H groups in total. The fourth-order valence-electron chi connectivity index (χ4n) is 1.81. The minimum Gasteiger partial charge on any atom is -0.0882 e. The lowest BCUT2D eigenvalue weighted by atomic mass is 10.1. The molecule has 0 aromatic rings. The molecule has 0 heteroatoms. The number of hydrogen-bond donors (Lipinski definition) is 0. The quantitative estimate of drug-likeness (QED) is 0.277. The lowest BCUT2D eigenvalue weighted by Crippen LogP contribution is -1.75. The first-order valence-electron chi connectivity index (χ1n) is 7.51. The van der Waals surface area contributed by atoms with E-state index in [1.54, 1.807) is 0 Å². The van der Waals surface area contributed by atoms with Crippen LogP contribution >= 0.6 is 0 Å². The van der Waals surface area contributed by atoms with Gasteiger partial charge in [-0.15, -0.1) is 0 Å². The molecule has 0 unspecified atom stereocenters. The van der Waals surface area contributed by atoms with Crippen LogP contribution in [-0.2, 0) is 0 Å². The van der Waals surface area contributed by atoms with Crippen molar-refractivity contribution in [2.24, 2.45) is 0 Å². The van der Waals surface area contributed by atoms with E-state index in [-0.39, 0.29) is 0 Å². The van der Waals surface area contributed by atoms with Gasteiger partial charge in [0.15, 0.2) is 0 Å². The third-order valence-corrected chi connectivity index (χ3v) is 2.95. The first-order chi connectivity index (χ1) is 8.41. The maximum atomic E-state index is 3.86. The molecule has 0 aromatic heterocycles. The summed E-state index contributed by atoms with van der Waals surface area (Å²) in [6.07, 6.45) is 23.4. The molecule has 0 aliphatic rings. The van der Waals surface area contributed by atoms with Crippen molar-refractivity contribution in [1.82, 2.24) is 0 Å². The van der Waals surface area contributed by atoms with Gasteiger partial charge >= 0.3 is 0 Å². The van der Waals surface area contributed by atoms with E-state index in [9.17, 15) is 0 Å². The number of hydrogen-bond acceptors (Lipinski definition) is 0. The Labute approximate surface area is 109 Å². The Balaban J connectivity index is 3.13. The Hall–Kier alpha value is -0.520. The summed E-state index contributed by atoms with van der Waals surface area (Å²) in [7, 11) is 0. The van der Waals surface area contributed by atoms with Crippen LogP contribution in [0.15, 0.2) is 24.3 Å². The van der Waals surface area contributed by atoms with Crippen molar-refractivity contribution in [3.63, 3.8) is 0 Å². The summed E-state index contributed by atoms with van der Waals surface area (Å²) < 4.78 is 0. The van der Waals surface area contributed by atoms with Gasteiger partial charge in [-0.2, -0.15) is 0 Å². The van der Waals surface area contributed by atoms with Crippen molar-refractivity contribution in [2.75, 3.05) is 0 Å². The molecule has 0 spiro atoms. The van der Waals surface area contributed by atoms with Crippen LogP contribution in [0.3, 0.4) is 0 Å². The van der Waals surface area contributed by atoms with Gasteiger partial charge in [-0.25, -0.2) is 0 Å². The van der Waals surface area contributed by atoms with Crippen molar-refractivity contribution < 1.29 is 0 Å². The topological polar surface area (TPSA) is 0 Å². The highest BCUT2D eigenvalue weighted by Gasteiger charge is 1.86. The monoisotopic (exact) mass is 235 g/mol. The van der Waals surface area contributed by atoms with Gasteiger partial charge in [-0.1, -0.05) is 76.7 Å². The van der Waals surface area contributed by atoms with Crippen LogP contribution in [0.5, 0.6) is 0 Å². The molecule has 0 saturated heterocycles. The second-order valence-electron chi connectivity index (χ2n) is 4.73. The highest BCUT2D eigenvalue weighted by molar-refractivity contribution is 4.92.